The molecule has 0 fully saturated rings. The van der Waals surface area contributed by atoms with E-state index in [1.807, 2.05) is 41.3 Å². The molecule has 1 N–H and O–H groups in total. The Balaban J connectivity index is 2.20. The van der Waals surface area contributed by atoms with Gasteiger partial charge in [-0.05, 0) is 12.1 Å². The maximum Gasteiger partial charge on any atom is 0.160 e. The van der Waals surface area contributed by atoms with Crippen LogP contribution in [-0.4, -0.2) is 19.6 Å². The van der Waals surface area contributed by atoms with Crippen molar-refractivity contribution in [3.05, 3.63) is 34.7 Å². The van der Waals surface area contributed by atoms with Gasteiger partial charge in [-0.25, -0.2) is 9.97 Å². The zero-order valence-electron chi connectivity index (χ0n) is 9.29. The third-order valence-electron chi connectivity index (χ3n) is 2.70. The zero-order chi connectivity index (χ0) is 11.8. The van der Waals surface area contributed by atoms with E-state index in [1.165, 1.54) is 11.3 Å². The number of aryl methyl sites for hydroxylation is 1. The molecule has 1 aromatic carbocycles. The van der Waals surface area contributed by atoms with Gasteiger partial charge in [0.15, 0.2) is 5.82 Å². The lowest BCUT2D eigenvalue weighted by atomic mass is 10.3. The first kappa shape index (κ1) is 10.4. The summed E-state index contributed by atoms with van der Waals surface area (Å²) in [4.78, 5) is 8.90. The summed E-state index contributed by atoms with van der Waals surface area (Å²) < 4.78 is 2.02. The Hall–Kier alpha value is -1.72. The van der Waals surface area contributed by atoms with E-state index >= 15 is 0 Å². The van der Waals surface area contributed by atoms with Crippen LogP contribution >= 0.6 is 11.3 Å². The summed E-state index contributed by atoms with van der Waals surface area (Å²) in [6, 6.07) is 7.98. The third kappa shape index (κ3) is 1.64. The second-order valence-electron chi connectivity index (χ2n) is 3.77. The lowest BCUT2D eigenvalue weighted by molar-refractivity contribution is 0.281. The molecule has 0 aliphatic heterocycles. The summed E-state index contributed by atoms with van der Waals surface area (Å²) in [5.74, 6) is 0.835. The quantitative estimate of drug-likeness (QED) is 0.753. The van der Waals surface area contributed by atoms with E-state index < -0.39 is 0 Å². The van der Waals surface area contributed by atoms with Gasteiger partial charge in [-0.1, -0.05) is 12.1 Å². The Bertz CT molecular complexity index is 671. The van der Waals surface area contributed by atoms with Crippen molar-refractivity contribution in [2.24, 2.45) is 7.05 Å². The van der Waals surface area contributed by atoms with Gasteiger partial charge in [-0.3, -0.25) is 0 Å². The van der Waals surface area contributed by atoms with Crippen molar-refractivity contribution in [2.75, 3.05) is 0 Å². The van der Waals surface area contributed by atoms with E-state index in [2.05, 4.69) is 9.97 Å². The Labute approximate surface area is 102 Å². The molecule has 3 aromatic rings. The molecule has 3 rings (SSSR count). The Kier molecular flexibility index (Phi) is 2.42. The van der Waals surface area contributed by atoms with Crippen molar-refractivity contribution >= 4 is 22.4 Å². The number of imidazole rings is 1. The topological polar surface area (TPSA) is 50.9 Å². The highest BCUT2D eigenvalue weighted by Gasteiger charge is 2.12. The molecule has 17 heavy (non-hydrogen) atoms. The molecule has 0 aliphatic carbocycles. The number of thiazole rings is 1. The average Bonchev–Trinajstić information content (AvgIpc) is 2.95. The predicted octanol–water partition coefficient (Wildman–Crippen LogP) is 2.19. The first-order chi connectivity index (χ1) is 8.29. The monoisotopic (exact) mass is 245 g/mol. The molecule has 5 heteroatoms. The van der Waals surface area contributed by atoms with Crippen LogP contribution in [0.4, 0.5) is 0 Å². The number of hydrogen-bond donors (Lipinski definition) is 1. The Morgan fingerprint density at radius 1 is 1.29 bits per heavy atom. The van der Waals surface area contributed by atoms with Gasteiger partial charge in [-0.15, -0.1) is 11.3 Å². The average molecular weight is 245 g/mol. The Morgan fingerprint density at radius 2 is 2.12 bits per heavy atom. The fourth-order valence-corrected chi connectivity index (χ4v) is 2.49. The molecule has 0 saturated heterocycles. The standard InChI is InChI=1S/C12H11N3OS/c1-15-10-5-3-2-4-8(10)14-12(15)9-7-17-11(6-16)13-9/h2-5,7,16H,6H2,1H3. The fourth-order valence-electron chi connectivity index (χ4n) is 1.86. The van der Waals surface area contributed by atoms with Gasteiger partial charge in [0.05, 0.1) is 17.6 Å². The van der Waals surface area contributed by atoms with Crippen molar-refractivity contribution < 1.29 is 5.11 Å². The minimum absolute atomic E-state index is 0.0192. The first-order valence-corrected chi connectivity index (χ1v) is 6.14. The van der Waals surface area contributed by atoms with Crippen LogP contribution in [0, 0.1) is 0 Å². The van der Waals surface area contributed by atoms with Crippen LogP contribution in [0.3, 0.4) is 0 Å². The van der Waals surface area contributed by atoms with Gasteiger partial charge in [0.2, 0.25) is 0 Å². The molecule has 0 unspecified atom stereocenters. The molecule has 0 amide bonds. The number of para-hydroxylation sites is 2. The maximum absolute atomic E-state index is 9.03. The third-order valence-corrected chi connectivity index (χ3v) is 3.54. The van der Waals surface area contributed by atoms with E-state index in [-0.39, 0.29) is 6.61 Å². The highest BCUT2D eigenvalue weighted by molar-refractivity contribution is 7.09. The van der Waals surface area contributed by atoms with Gasteiger partial charge in [0.25, 0.3) is 0 Å². The SMILES string of the molecule is Cn1c(-c2csc(CO)n2)nc2ccccc21. The molecule has 0 bridgehead atoms. The lowest BCUT2D eigenvalue weighted by Crippen LogP contribution is -1.93. The molecular weight excluding hydrogens is 234 g/mol. The van der Waals surface area contributed by atoms with Crippen LogP contribution in [0.2, 0.25) is 0 Å². The normalized spacial score (nSPS) is 11.2. The van der Waals surface area contributed by atoms with E-state index in [0.717, 1.165) is 22.6 Å². The molecule has 4 nitrogen and oxygen atoms in total. The largest absolute Gasteiger partial charge is 0.389 e. The van der Waals surface area contributed by atoms with Crippen LogP contribution in [-0.2, 0) is 13.7 Å². The molecule has 2 heterocycles. The molecule has 2 aromatic heterocycles. The second-order valence-corrected chi connectivity index (χ2v) is 4.71. The summed E-state index contributed by atoms with van der Waals surface area (Å²) in [6.07, 6.45) is 0. The van der Waals surface area contributed by atoms with Crippen molar-refractivity contribution in [1.82, 2.24) is 14.5 Å². The molecule has 0 spiro atoms. The van der Waals surface area contributed by atoms with Crippen molar-refractivity contribution in [3.8, 4) is 11.5 Å². The first-order valence-electron chi connectivity index (χ1n) is 5.26. The summed E-state index contributed by atoms with van der Waals surface area (Å²) in [7, 11) is 1.97. The number of benzene rings is 1. The number of aliphatic hydroxyl groups excluding tert-OH is 1. The molecule has 0 radical (unpaired) electrons. The summed E-state index contributed by atoms with van der Waals surface area (Å²) >= 11 is 1.45. The van der Waals surface area contributed by atoms with Crippen LogP contribution in [0.1, 0.15) is 5.01 Å². The molecule has 0 atom stereocenters. The van der Waals surface area contributed by atoms with E-state index in [4.69, 9.17) is 5.11 Å². The maximum atomic E-state index is 9.03. The number of fused-ring (bicyclic) bond motifs is 1. The van der Waals surface area contributed by atoms with Crippen LogP contribution < -0.4 is 0 Å². The van der Waals surface area contributed by atoms with E-state index in [1.54, 1.807) is 0 Å². The van der Waals surface area contributed by atoms with Crippen molar-refractivity contribution in [3.63, 3.8) is 0 Å². The minimum atomic E-state index is -0.0192. The van der Waals surface area contributed by atoms with Crippen LogP contribution in [0.15, 0.2) is 29.6 Å². The van der Waals surface area contributed by atoms with Crippen LogP contribution in [0.5, 0.6) is 0 Å². The summed E-state index contributed by atoms with van der Waals surface area (Å²) in [5.41, 5.74) is 2.86. The highest BCUT2D eigenvalue weighted by Crippen LogP contribution is 2.24. The predicted molar refractivity (Wildman–Crippen MR) is 67.7 cm³/mol. The van der Waals surface area contributed by atoms with E-state index in [0.29, 0.717) is 5.01 Å². The van der Waals surface area contributed by atoms with Gasteiger partial charge in [0, 0.05) is 12.4 Å². The van der Waals surface area contributed by atoms with Gasteiger partial charge >= 0.3 is 0 Å². The summed E-state index contributed by atoms with van der Waals surface area (Å²) in [6.45, 7) is -0.0192. The van der Waals surface area contributed by atoms with Crippen molar-refractivity contribution in [1.29, 1.82) is 0 Å². The fraction of sp³-hybridized carbons (Fsp3) is 0.167. The molecule has 86 valence electrons. The highest BCUT2D eigenvalue weighted by atomic mass is 32.1. The molecule has 0 saturated carbocycles. The van der Waals surface area contributed by atoms with Gasteiger partial charge in [-0.2, -0.15) is 0 Å². The Morgan fingerprint density at radius 3 is 2.82 bits per heavy atom. The summed E-state index contributed by atoms with van der Waals surface area (Å²) in [5, 5.41) is 11.7. The van der Waals surface area contributed by atoms with E-state index in [9.17, 15) is 0 Å². The number of rotatable bonds is 2. The number of aromatic nitrogens is 3. The van der Waals surface area contributed by atoms with Crippen molar-refractivity contribution in [2.45, 2.75) is 6.61 Å². The molecule has 0 aliphatic rings. The number of aliphatic hydroxyl groups is 1. The molecular formula is C12H11N3OS. The number of nitrogens with zero attached hydrogens (tertiary/aromatic N) is 3. The van der Waals surface area contributed by atoms with Gasteiger partial charge < -0.3 is 9.67 Å². The lowest BCUT2D eigenvalue weighted by Gasteiger charge is -1.97. The van der Waals surface area contributed by atoms with Crippen LogP contribution in [0.25, 0.3) is 22.6 Å². The number of hydrogen-bond acceptors (Lipinski definition) is 4. The van der Waals surface area contributed by atoms with Gasteiger partial charge in [0.1, 0.15) is 10.7 Å². The minimum Gasteiger partial charge on any atom is -0.389 e. The smallest absolute Gasteiger partial charge is 0.160 e. The second kappa shape index (κ2) is 3.94. The zero-order valence-corrected chi connectivity index (χ0v) is 10.1.